The molecule has 3 nitrogen and oxygen atoms in total. The van der Waals surface area contributed by atoms with Crippen molar-refractivity contribution in [2.75, 3.05) is 23.9 Å². The van der Waals surface area contributed by atoms with E-state index >= 15 is 0 Å². The van der Waals surface area contributed by atoms with Gasteiger partial charge in [-0.15, -0.1) is 24.0 Å². The number of hydrogen-bond donors (Lipinski definition) is 2. The maximum Gasteiger partial charge on any atom is 0.193 e. The van der Waals surface area contributed by atoms with E-state index in [-0.39, 0.29) is 24.0 Å². The SMILES string of the molecule is CCc1cccc(NC(N)=NCCCCSC)c1.I. The second-order valence-corrected chi connectivity index (χ2v) is 5.13. The van der Waals surface area contributed by atoms with Gasteiger partial charge in [0.25, 0.3) is 0 Å². The third-order valence-corrected chi connectivity index (χ3v) is 3.34. The molecule has 108 valence electrons. The van der Waals surface area contributed by atoms with Crippen LogP contribution in [-0.2, 0) is 6.42 Å². The molecule has 0 fully saturated rings. The summed E-state index contributed by atoms with van der Waals surface area (Å²) >= 11 is 1.87. The molecule has 0 aliphatic carbocycles. The number of guanidine groups is 1. The lowest BCUT2D eigenvalue weighted by atomic mass is 10.1. The van der Waals surface area contributed by atoms with Crippen LogP contribution in [0, 0.1) is 0 Å². The number of rotatable bonds is 7. The van der Waals surface area contributed by atoms with Gasteiger partial charge in [-0.3, -0.25) is 4.99 Å². The number of aryl methyl sites for hydroxylation is 1. The van der Waals surface area contributed by atoms with Crippen molar-refractivity contribution in [1.29, 1.82) is 0 Å². The number of hydrogen-bond acceptors (Lipinski definition) is 2. The smallest absolute Gasteiger partial charge is 0.193 e. The summed E-state index contributed by atoms with van der Waals surface area (Å²) in [5.41, 5.74) is 8.16. The van der Waals surface area contributed by atoms with Gasteiger partial charge in [-0.1, -0.05) is 19.1 Å². The van der Waals surface area contributed by atoms with Gasteiger partial charge < -0.3 is 11.1 Å². The fourth-order valence-corrected chi connectivity index (χ4v) is 2.11. The van der Waals surface area contributed by atoms with Crippen molar-refractivity contribution >= 4 is 47.4 Å². The van der Waals surface area contributed by atoms with Crippen LogP contribution < -0.4 is 11.1 Å². The largest absolute Gasteiger partial charge is 0.370 e. The minimum Gasteiger partial charge on any atom is -0.370 e. The van der Waals surface area contributed by atoms with Crippen LogP contribution in [0.3, 0.4) is 0 Å². The van der Waals surface area contributed by atoms with Gasteiger partial charge in [0.1, 0.15) is 0 Å². The monoisotopic (exact) mass is 393 g/mol. The van der Waals surface area contributed by atoms with Crippen molar-refractivity contribution in [3.63, 3.8) is 0 Å². The van der Waals surface area contributed by atoms with E-state index in [1.165, 1.54) is 17.7 Å². The van der Waals surface area contributed by atoms with E-state index in [9.17, 15) is 0 Å². The van der Waals surface area contributed by atoms with E-state index in [0.29, 0.717) is 5.96 Å². The lowest BCUT2D eigenvalue weighted by Gasteiger charge is -2.07. The topological polar surface area (TPSA) is 50.4 Å². The van der Waals surface area contributed by atoms with Crippen LogP contribution in [0.2, 0.25) is 0 Å². The molecule has 0 aliphatic rings. The minimum atomic E-state index is 0. The zero-order valence-electron chi connectivity index (χ0n) is 11.7. The standard InChI is InChI=1S/C14H23N3S.HI/c1-3-12-7-6-8-13(11-12)17-14(15)16-9-4-5-10-18-2;/h6-8,11H,3-5,9-10H2,1-2H3,(H3,15,16,17);1H. The van der Waals surface area contributed by atoms with Crippen LogP contribution in [-0.4, -0.2) is 24.5 Å². The van der Waals surface area contributed by atoms with Crippen LogP contribution in [0.5, 0.6) is 0 Å². The second kappa shape index (κ2) is 11.4. The first-order chi connectivity index (χ1) is 8.76. The molecule has 0 radical (unpaired) electrons. The summed E-state index contributed by atoms with van der Waals surface area (Å²) < 4.78 is 0. The molecular formula is C14H24IN3S. The molecule has 1 rings (SSSR count). The van der Waals surface area contributed by atoms with E-state index in [2.05, 4.69) is 35.6 Å². The lowest BCUT2D eigenvalue weighted by Crippen LogP contribution is -2.22. The van der Waals surface area contributed by atoms with Gasteiger partial charge in [-0.25, -0.2) is 0 Å². The van der Waals surface area contributed by atoms with Gasteiger partial charge in [-0.05, 0) is 49.0 Å². The van der Waals surface area contributed by atoms with Crippen molar-refractivity contribution in [3.8, 4) is 0 Å². The molecule has 0 unspecified atom stereocenters. The Morgan fingerprint density at radius 1 is 1.37 bits per heavy atom. The first-order valence-corrected chi connectivity index (χ1v) is 7.80. The number of thioether (sulfide) groups is 1. The number of unbranched alkanes of at least 4 members (excludes halogenated alkanes) is 1. The molecule has 0 aromatic heterocycles. The Morgan fingerprint density at radius 2 is 2.16 bits per heavy atom. The molecular weight excluding hydrogens is 369 g/mol. The van der Waals surface area contributed by atoms with Gasteiger partial charge in [0, 0.05) is 12.2 Å². The zero-order chi connectivity index (χ0) is 13.2. The predicted octanol–water partition coefficient (Wildman–Crippen LogP) is 3.74. The van der Waals surface area contributed by atoms with E-state index < -0.39 is 0 Å². The fourth-order valence-electron chi connectivity index (χ4n) is 1.61. The normalized spacial score (nSPS) is 10.9. The number of anilines is 1. The van der Waals surface area contributed by atoms with Gasteiger partial charge >= 0.3 is 0 Å². The average Bonchev–Trinajstić information content (AvgIpc) is 2.38. The van der Waals surface area contributed by atoms with E-state index in [1.54, 1.807) is 0 Å². The third-order valence-electron chi connectivity index (χ3n) is 2.65. The summed E-state index contributed by atoms with van der Waals surface area (Å²) in [7, 11) is 0. The Labute approximate surface area is 137 Å². The molecule has 0 saturated heterocycles. The fraction of sp³-hybridized carbons (Fsp3) is 0.500. The number of benzene rings is 1. The Balaban J connectivity index is 0.00000324. The van der Waals surface area contributed by atoms with Crippen molar-refractivity contribution in [1.82, 2.24) is 0 Å². The first kappa shape index (κ1) is 18.6. The van der Waals surface area contributed by atoms with Crippen LogP contribution in [0.15, 0.2) is 29.3 Å². The maximum absolute atomic E-state index is 5.85. The molecule has 5 heteroatoms. The third kappa shape index (κ3) is 8.36. The minimum absolute atomic E-state index is 0. The summed E-state index contributed by atoms with van der Waals surface area (Å²) in [5, 5.41) is 3.13. The van der Waals surface area contributed by atoms with Crippen molar-refractivity contribution in [2.24, 2.45) is 10.7 Å². The Morgan fingerprint density at radius 3 is 2.84 bits per heavy atom. The van der Waals surface area contributed by atoms with Gasteiger partial charge in [0.05, 0.1) is 0 Å². The maximum atomic E-state index is 5.85. The molecule has 19 heavy (non-hydrogen) atoms. The number of nitrogens with one attached hydrogen (secondary N) is 1. The van der Waals surface area contributed by atoms with Crippen LogP contribution in [0.1, 0.15) is 25.3 Å². The number of halogens is 1. The molecule has 0 bridgehead atoms. The molecule has 0 heterocycles. The summed E-state index contributed by atoms with van der Waals surface area (Å²) in [5.74, 6) is 1.70. The highest BCUT2D eigenvalue weighted by Gasteiger charge is 1.96. The highest BCUT2D eigenvalue weighted by molar-refractivity contribution is 14.0. The molecule has 3 N–H and O–H groups in total. The van der Waals surface area contributed by atoms with Crippen LogP contribution in [0.25, 0.3) is 0 Å². The highest BCUT2D eigenvalue weighted by atomic mass is 127. The van der Waals surface area contributed by atoms with Gasteiger partial charge in [0.15, 0.2) is 5.96 Å². The highest BCUT2D eigenvalue weighted by Crippen LogP contribution is 2.10. The summed E-state index contributed by atoms with van der Waals surface area (Å²) in [6, 6.07) is 8.26. The number of nitrogens with two attached hydrogens (primary N) is 1. The first-order valence-electron chi connectivity index (χ1n) is 6.41. The average molecular weight is 393 g/mol. The summed E-state index contributed by atoms with van der Waals surface area (Å²) in [6.45, 7) is 2.94. The van der Waals surface area contributed by atoms with Crippen LogP contribution >= 0.6 is 35.7 Å². The molecule has 1 aromatic rings. The molecule has 0 aliphatic heterocycles. The molecule has 0 saturated carbocycles. The predicted molar refractivity (Wildman–Crippen MR) is 99.0 cm³/mol. The van der Waals surface area contributed by atoms with Crippen molar-refractivity contribution in [3.05, 3.63) is 29.8 Å². The summed E-state index contributed by atoms with van der Waals surface area (Å²) in [6.07, 6.45) is 5.45. The van der Waals surface area contributed by atoms with Crippen molar-refractivity contribution < 1.29 is 0 Å². The van der Waals surface area contributed by atoms with E-state index in [4.69, 9.17) is 5.73 Å². The van der Waals surface area contributed by atoms with Gasteiger partial charge in [-0.2, -0.15) is 11.8 Å². The van der Waals surface area contributed by atoms with E-state index in [0.717, 1.165) is 25.1 Å². The molecule has 0 atom stereocenters. The van der Waals surface area contributed by atoms with Gasteiger partial charge in [0.2, 0.25) is 0 Å². The van der Waals surface area contributed by atoms with Crippen LogP contribution in [0.4, 0.5) is 5.69 Å². The molecule has 0 amide bonds. The lowest BCUT2D eigenvalue weighted by molar-refractivity contribution is 0.815. The quantitative estimate of drug-likeness (QED) is 0.321. The molecule has 1 aromatic carbocycles. The molecule has 0 spiro atoms. The zero-order valence-corrected chi connectivity index (χ0v) is 14.8. The number of aliphatic imine (C=N–C) groups is 1. The van der Waals surface area contributed by atoms with E-state index in [1.807, 2.05) is 23.9 Å². The Kier molecular flexibility index (Phi) is 11.1. The van der Waals surface area contributed by atoms with Crippen molar-refractivity contribution in [2.45, 2.75) is 26.2 Å². The number of nitrogens with zero attached hydrogens (tertiary/aromatic N) is 1. The Bertz CT molecular complexity index is 383. The Hall–Kier alpha value is -0.430. The second-order valence-electron chi connectivity index (χ2n) is 4.15. The summed E-state index contributed by atoms with van der Waals surface area (Å²) in [4.78, 5) is 4.32.